The predicted molar refractivity (Wildman–Crippen MR) is 76.6 cm³/mol. The van der Waals surface area contributed by atoms with Crippen LogP contribution in [0.15, 0.2) is 46.2 Å². The fourth-order valence-corrected chi connectivity index (χ4v) is 4.15. The third kappa shape index (κ3) is 2.17. The highest BCUT2D eigenvalue weighted by molar-refractivity contribution is 7.92. The Labute approximate surface area is 113 Å². The first-order valence-electron chi connectivity index (χ1n) is 5.81. The molecule has 0 aliphatic rings. The molecule has 4 nitrogen and oxygen atoms in total. The summed E-state index contributed by atoms with van der Waals surface area (Å²) in [6.45, 7) is 3.52. The minimum Gasteiger partial charge on any atom is -0.398 e. The van der Waals surface area contributed by atoms with Crippen LogP contribution in [0.1, 0.15) is 11.1 Å². The van der Waals surface area contributed by atoms with Crippen molar-refractivity contribution in [2.24, 2.45) is 0 Å². The van der Waals surface area contributed by atoms with Gasteiger partial charge in [0, 0.05) is 0 Å². The van der Waals surface area contributed by atoms with E-state index in [1.807, 2.05) is 6.07 Å². The summed E-state index contributed by atoms with van der Waals surface area (Å²) in [5.74, 6) is 0. The molecule has 5 heteroatoms. The van der Waals surface area contributed by atoms with Crippen LogP contribution in [-0.4, -0.2) is 8.42 Å². The number of rotatable bonds is 2. The normalized spacial score (nSPS) is 11.5. The van der Waals surface area contributed by atoms with E-state index in [0.29, 0.717) is 11.1 Å². The van der Waals surface area contributed by atoms with Crippen molar-refractivity contribution in [3.8, 4) is 0 Å². The van der Waals surface area contributed by atoms with Crippen molar-refractivity contribution in [2.45, 2.75) is 23.6 Å². The maximum Gasteiger partial charge on any atom is 0.211 e. The van der Waals surface area contributed by atoms with E-state index in [0.717, 1.165) is 0 Å². The summed E-state index contributed by atoms with van der Waals surface area (Å²) in [7, 11) is -3.71. The number of hydrogen-bond acceptors (Lipinski definition) is 4. The van der Waals surface area contributed by atoms with Crippen molar-refractivity contribution in [3.63, 3.8) is 0 Å². The number of anilines is 2. The Hall–Kier alpha value is -2.01. The fourth-order valence-electron chi connectivity index (χ4n) is 2.21. The molecule has 0 aliphatic carbocycles. The average molecular weight is 276 g/mol. The van der Waals surface area contributed by atoms with Gasteiger partial charge in [-0.2, -0.15) is 0 Å². The molecule has 0 bridgehead atoms. The van der Waals surface area contributed by atoms with E-state index < -0.39 is 9.84 Å². The smallest absolute Gasteiger partial charge is 0.211 e. The standard InChI is InChI=1S/C14H16N2O2S/c1-9-5-3-6-10(2)13(9)19(17,18)14-11(15)7-4-8-12(14)16/h3-8H,15-16H2,1-2H3. The molecule has 100 valence electrons. The molecule has 0 spiro atoms. The number of nitrogens with two attached hydrogens (primary N) is 2. The van der Waals surface area contributed by atoms with Crippen LogP contribution >= 0.6 is 0 Å². The van der Waals surface area contributed by atoms with Gasteiger partial charge in [-0.25, -0.2) is 8.42 Å². The first kappa shape index (κ1) is 13.4. The van der Waals surface area contributed by atoms with Crippen molar-refractivity contribution < 1.29 is 8.42 Å². The highest BCUT2D eigenvalue weighted by atomic mass is 32.2. The van der Waals surface area contributed by atoms with Crippen LogP contribution in [0.25, 0.3) is 0 Å². The van der Waals surface area contributed by atoms with E-state index in [9.17, 15) is 8.42 Å². The maximum absolute atomic E-state index is 12.8. The third-order valence-corrected chi connectivity index (χ3v) is 5.21. The molecule has 0 saturated carbocycles. The number of sulfone groups is 1. The number of benzene rings is 2. The second-order valence-electron chi connectivity index (χ2n) is 4.49. The molecule has 4 N–H and O–H groups in total. The second-order valence-corrected chi connectivity index (χ2v) is 6.31. The molecule has 0 unspecified atom stereocenters. The van der Waals surface area contributed by atoms with Gasteiger partial charge in [-0.05, 0) is 37.1 Å². The van der Waals surface area contributed by atoms with Gasteiger partial charge in [0.15, 0.2) is 0 Å². The Bertz CT molecular complexity index is 639. The Kier molecular flexibility index (Phi) is 3.24. The number of hydrogen-bond donors (Lipinski definition) is 2. The lowest BCUT2D eigenvalue weighted by Crippen LogP contribution is -2.11. The monoisotopic (exact) mass is 276 g/mol. The maximum atomic E-state index is 12.8. The van der Waals surface area contributed by atoms with E-state index in [1.165, 1.54) is 12.1 Å². The molecule has 19 heavy (non-hydrogen) atoms. The van der Waals surface area contributed by atoms with Gasteiger partial charge < -0.3 is 11.5 Å². The average Bonchev–Trinajstić information content (AvgIpc) is 2.27. The van der Waals surface area contributed by atoms with Crippen LogP contribution in [0.5, 0.6) is 0 Å². The Morgan fingerprint density at radius 2 is 1.21 bits per heavy atom. The fraction of sp³-hybridized carbons (Fsp3) is 0.143. The van der Waals surface area contributed by atoms with Crippen molar-refractivity contribution in [3.05, 3.63) is 47.5 Å². The van der Waals surface area contributed by atoms with Crippen molar-refractivity contribution in [2.75, 3.05) is 11.5 Å². The molecule has 0 fully saturated rings. The van der Waals surface area contributed by atoms with Gasteiger partial charge >= 0.3 is 0 Å². The van der Waals surface area contributed by atoms with Gasteiger partial charge in [0.25, 0.3) is 0 Å². The lowest BCUT2D eigenvalue weighted by molar-refractivity contribution is 0.595. The van der Waals surface area contributed by atoms with E-state index in [-0.39, 0.29) is 21.2 Å². The SMILES string of the molecule is Cc1cccc(C)c1S(=O)(=O)c1c(N)cccc1N. The van der Waals surface area contributed by atoms with E-state index in [1.54, 1.807) is 32.0 Å². The zero-order valence-corrected chi connectivity index (χ0v) is 11.7. The van der Waals surface area contributed by atoms with Crippen molar-refractivity contribution in [1.29, 1.82) is 0 Å². The van der Waals surface area contributed by atoms with Crippen LogP contribution in [0.2, 0.25) is 0 Å². The molecular weight excluding hydrogens is 260 g/mol. The first-order chi connectivity index (χ1) is 8.85. The van der Waals surface area contributed by atoms with E-state index in [2.05, 4.69) is 0 Å². The van der Waals surface area contributed by atoms with Crippen LogP contribution in [0.4, 0.5) is 11.4 Å². The quantitative estimate of drug-likeness (QED) is 0.824. The summed E-state index contributed by atoms with van der Waals surface area (Å²) in [5.41, 5.74) is 13.3. The summed E-state index contributed by atoms with van der Waals surface area (Å²) < 4.78 is 25.5. The highest BCUT2D eigenvalue weighted by Crippen LogP contribution is 2.33. The minimum atomic E-state index is -3.71. The van der Waals surface area contributed by atoms with E-state index in [4.69, 9.17) is 11.5 Å². The van der Waals surface area contributed by atoms with Gasteiger partial charge in [0.1, 0.15) is 4.90 Å². The summed E-state index contributed by atoms with van der Waals surface area (Å²) in [4.78, 5) is 0.270. The zero-order chi connectivity index (χ0) is 14.2. The zero-order valence-electron chi connectivity index (χ0n) is 10.8. The van der Waals surface area contributed by atoms with Gasteiger partial charge in [0.05, 0.1) is 16.3 Å². The summed E-state index contributed by atoms with van der Waals surface area (Å²) >= 11 is 0. The molecule has 0 saturated heterocycles. The molecule has 0 radical (unpaired) electrons. The second kappa shape index (κ2) is 4.59. The highest BCUT2D eigenvalue weighted by Gasteiger charge is 2.26. The lowest BCUT2D eigenvalue weighted by atomic mass is 10.2. The van der Waals surface area contributed by atoms with Crippen LogP contribution < -0.4 is 11.5 Å². The largest absolute Gasteiger partial charge is 0.398 e. The molecule has 2 rings (SSSR count). The molecule has 0 atom stereocenters. The van der Waals surface area contributed by atoms with Gasteiger partial charge in [-0.1, -0.05) is 24.3 Å². The lowest BCUT2D eigenvalue weighted by Gasteiger charge is -2.14. The summed E-state index contributed by atoms with van der Waals surface area (Å²) in [6.07, 6.45) is 0. The summed E-state index contributed by atoms with van der Waals surface area (Å²) in [5, 5.41) is 0. The van der Waals surface area contributed by atoms with Crippen LogP contribution in [-0.2, 0) is 9.84 Å². The summed E-state index contributed by atoms with van der Waals surface area (Å²) in [6, 6.07) is 10.0. The molecule has 0 amide bonds. The third-order valence-electron chi connectivity index (χ3n) is 3.02. The van der Waals surface area contributed by atoms with Crippen LogP contribution in [0, 0.1) is 13.8 Å². The Balaban J connectivity index is 2.81. The van der Waals surface area contributed by atoms with Crippen molar-refractivity contribution in [1.82, 2.24) is 0 Å². The van der Waals surface area contributed by atoms with Crippen molar-refractivity contribution >= 4 is 21.2 Å². The Morgan fingerprint density at radius 3 is 1.68 bits per heavy atom. The first-order valence-corrected chi connectivity index (χ1v) is 7.29. The molecule has 0 aromatic heterocycles. The Morgan fingerprint density at radius 1 is 0.789 bits per heavy atom. The molecular formula is C14H16N2O2S. The number of nitrogen functional groups attached to an aromatic ring is 2. The molecule has 0 aliphatic heterocycles. The van der Waals surface area contributed by atoms with Gasteiger partial charge in [-0.3, -0.25) is 0 Å². The molecule has 2 aromatic rings. The van der Waals surface area contributed by atoms with Crippen LogP contribution in [0.3, 0.4) is 0 Å². The van der Waals surface area contributed by atoms with Gasteiger partial charge in [0.2, 0.25) is 9.84 Å². The molecule has 2 aromatic carbocycles. The number of aryl methyl sites for hydroxylation is 2. The minimum absolute atomic E-state index is 0.00704. The van der Waals surface area contributed by atoms with Gasteiger partial charge in [-0.15, -0.1) is 0 Å². The van der Waals surface area contributed by atoms with E-state index >= 15 is 0 Å². The topological polar surface area (TPSA) is 86.2 Å². The molecule has 0 heterocycles. The predicted octanol–water partition coefficient (Wildman–Crippen LogP) is 2.30.